The van der Waals surface area contributed by atoms with E-state index in [2.05, 4.69) is 12.2 Å². The first-order chi connectivity index (χ1) is 4.30. The number of nitrogens with one attached hydrogen (secondary N) is 1. The van der Waals surface area contributed by atoms with E-state index in [0.29, 0.717) is 5.92 Å². The van der Waals surface area contributed by atoms with Crippen molar-refractivity contribution in [3.8, 4) is 0 Å². The van der Waals surface area contributed by atoms with Gasteiger partial charge >= 0.3 is 0 Å². The van der Waals surface area contributed by atoms with Crippen LogP contribution in [0.5, 0.6) is 0 Å². The second kappa shape index (κ2) is 3.18. The molecule has 0 aromatic carbocycles. The second-order valence-corrected chi connectivity index (χ2v) is 2.87. The Hall–Kier alpha value is -0.0800. The quantitative estimate of drug-likeness (QED) is 0.495. The minimum atomic E-state index is -0.0694. The molecule has 1 aliphatic rings. The third kappa shape index (κ3) is 1.95. The number of rotatable bonds is 0. The summed E-state index contributed by atoms with van der Waals surface area (Å²) >= 11 is 0. The topological polar surface area (TPSA) is 32.3 Å². The summed E-state index contributed by atoms with van der Waals surface area (Å²) in [5.74, 6) is 0.486. The molecule has 2 unspecified atom stereocenters. The summed E-state index contributed by atoms with van der Waals surface area (Å²) in [7, 11) is 0. The van der Waals surface area contributed by atoms with Gasteiger partial charge in [-0.15, -0.1) is 0 Å². The molecule has 1 heterocycles. The van der Waals surface area contributed by atoms with Crippen molar-refractivity contribution in [2.24, 2.45) is 5.92 Å². The molecule has 1 aliphatic heterocycles. The molecule has 1 saturated heterocycles. The summed E-state index contributed by atoms with van der Waals surface area (Å²) in [5.41, 5.74) is 0. The maximum absolute atomic E-state index is 9.32. The first kappa shape index (κ1) is 7.03. The molecule has 2 atom stereocenters. The highest BCUT2D eigenvalue weighted by atomic mass is 16.3. The number of aliphatic hydroxyl groups excluding tert-OH is 1. The Kier molecular flexibility index (Phi) is 2.49. The Labute approximate surface area is 56.3 Å². The molecule has 54 valence electrons. The Morgan fingerprint density at radius 1 is 1.33 bits per heavy atom. The van der Waals surface area contributed by atoms with E-state index in [4.69, 9.17) is 0 Å². The van der Waals surface area contributed by atoms with Gasteiger partial charge in [0.2, 0.25) is 0 Å². The molecule has 2 nitrogen and oxygen atoms in total. The Morgan fingerprint density at radius 3 is 2.78 bits per heavy atom. The van der Waals surface area contributed by atoms with E-state index in [1.54, 1.807) is 0 Å². The molecule has 0 bridgehead atoms. The molecular weight excluding hydrogens is 114 g/mol. The zero-order chi connectivity index (χ0) is 6.69. The fourth-order valence-corrected chi connectivity index (χ4v) is 1.18. The Bertz CT molecular complexity index is 75.0. The predicted octanol–water partition coefficient (Wildman–Crippen LogP) is 0.367. The lowest BCUT2D eigenvalue weighted by Gasteiger charge is -2.12. The highest BCUT2D eigenvalue weighted by Gasteiger charge is 2.15. The lowest BCUT2D eigenvalue weighted by Crippen LogP contribution is -2.16. The highest BCUT2D eigenvalue weighted by Crippen LogP contribution is 2.12. The van der Waals surface area contributed by atoms with Crippen molar-refractivity contribution in [3.63, 3.8) is 0 Å². The second-order valence-electron chi connectivity index (χ2n) is 2.87. The lowest BCUT2D eigenvalue weighted by molar-refractivity contribution is 0.114. The van der Waals surface area contributed by atoms with Gasteiger partial charge < -0.3 is 10.4 Å². The molecule has 0 aliphatic carbocycles. The van der Waals surface area contributed by atoms with E-state index in [9.17, 15) is 5.11 Å². The first-order valence-corrected chi connectivity index (χ1v) is 3.69. The Morgan fingerprint density at radius 2 is 2.00 bits per heavy atom. The van der Waals surface area contributed by atoms with Crippen molar-refractivity contribution in [2.75, 3.05) is 13.1 Å². The third-order valence-corrected chi connectivity index (χ3v) is 2.05. The Balaban J connectivity index is 2.32. The minimum absolute atomic E-state index is 0.0694. The SMILES string of the molecule is CC1CCNCCC1O. The number of aliphatic hydroxyl groups is 1. The van der Waals surface area contributed by atoms with Crippen LogP contribution in [-0.2, 0) is 0 Å². The maximum atomic E-state index is 9.32. The molecule has 1 fully saturated rings. The van der Waals surface area contributed by atoms with E-state index >= 15 is 0 Å². The fraction of sp³-hybridized carbons (Fsp3) is 1.00. The van der Waals surface area contributed by atoms with Gasteiger partial charge in [-0.1, -0.05) is 6.92 Å². The lowest BCUT2D eigenvalue weighted by atomic mass is 10.0. The highest BCUT2D eigenvalue weighted by molar-refractivity contribution is 4.70. The smallest absolute Gasteiger partial charge is 0.0578 e. The minimum Gasteiger partial charge on any atom is -0.393 e. The molecule has 0 aromatic heterocycles. The van der Waals surface area contributed by atoms with Crippen molar-refractivity contribution in [1.82, 2.24) is 5.32 Å². The first-order valence-electron chi connectivity index (χ1n) is 3.69. The number of hydrogen-bond donors (Lipinski definition) is 2. The van der Waals surface area contributed by atoms with Crippen LogP contribution in [0.25, 0.3) is 0 Å². The van der Waals surface area contributed by atoms with Crippen LogP contribution in [0.15, 0.2) is 0 Å². The van der Waals surface area contributed by atoms with Gasteiger partial charge in [-0.25, -0.2) is 0 Å². The molecule has 0 spiro atoms. The monoisotopic (exact) mass is 129 g/mol. The molecule has 2 heteroatoms. The van der Waals surface area contributed by atoms with Gasteiger partial charge in [-0.3, -0.25) is 0 Å². The molecular formula is C7H15NO. The standard InChI is InChI=1S/C7H15NO/c1-6-2-4-8-5-3-7(6)9/h6-9H,2-5H2,1H3. The summed E-state index contributed by atoms with van der Waals surface area (Å²) < 4.78 is 0. The van der Waals surface area contributed by atoms with Crippen molar-refractivity contribution >= 4 is 0 Å². The average molecular weight is 129 g/mol. The van der Waals surface area contributed by atoms with Crippen LogP contribution in [0.3, 0.4) is 0 Å². The largest absolute Gasteiger partial charge is 0.393 e. The predicted molar refractivity (Wildman–Crippen MR) is 37.3 cm³/mol. The van der Waals surface area contributed by atoms with Crippen LogP contribution < -0.4 is 5.32 Å². The molecule has 2 N–H and O–H groups in total. The van der Waals surface area contributed by atoms with Crippen LogP contribution in [0, 0.1) is 5.92 Å². The molecule has 0 aromatic rings. The normalized spacial score (nSPS) is 38.0. The average Bonchev–Trinajstić information content (AvgIpc) is 1.99. The summed E-state index contributed by atoms with van der Waals surface area (Å²) in [5, 5.41) is 12.6. The molecule has 0 radical (unpaired) electrons. The number of hydrogen-bond acceptors (Lipinski definition) is 2. The van der Waals surface area contributed by atoms with Crippen molar-refractivity contribution in [3.05, 3.63) is 0 Å². The van der Waals surface area contributed by atoms with Gasteiger partial charge in [-0.05, 0) is 31.8 Å². The van der Waals surface area contributed by atoms with Gasteiger partial charge in [-0.2, -0.15) is 0 Å². The zero-order valence-electron chi connectivity index (χ0n) is 5.93. The van der Waals surface area contributed by atoms with Gasteiger partial charge in [0.25, 0.3) is 0 Å². The fourth-order valence-electron chi connectivity index (χ4n) is 1.18. The van der Waals surface area contributed by atoms with Crippen molar-refractivity contribution in [1.29, 1.82) is 0 Å². The van der Waals surface area contributed by atoms with Crippen LogP contribution in [-0.4, -0.2) is 24.3 Å². The summed E-state index contributed by atoms with van der Waals surface area (Å²) in [6, 6.07) is 0. The van der Waals surface area contributed by atoms with Crippen LogP contribution in [0.2, 0.25) is 0 Å². The third-order valence-electron chi connectivity index (χ3n) is 2.05. The van der Waals surface area contributed by atoms with Crippen molar-refractivity contribution < 1.29 is 5.11 Å². The zero-order valence-corrected chi connectivity index (χ0v) is 5.93. The molecule has 0 amide bonds. The van der Waals surface area contributed by atoms with Gasteiger partial charge in [0.1, 0.15) is 0 Å². The summed E-state index contributed by atoms with van der Waals surface area (Å²) in [6.45, 7) is 4.15. The summed E-state index contributed by atoms with van der Waals surface area (Å²) in [4.78, 5) is 0. The maximum Gasteiger partial charge on any atom is 0.0578 e. The van der Waals surface area contributed by atoms with E-state index < -0.39 is 0 Å². The van der Waals surface area contributed by atoms with Crippen LogP contribution >= 0.6 is 0 Å². The van der Waals surface area contributed by atoms with Crippen molar-refractivity contribution in [2.45, 2.75) is 25.9 Å². The summed E-state index contributed by atoms with van der Waals surface area (Å²) in [6.07, 6.45) is 1.96. The van der Waals surface area contributed by atoms with Gasteiger partial charge in [0.15, 0.2) is 0 Å². The van der Waals surface area contributed by atoms with Crippen LogP contribution in [0.4, 0.5) is 0 Å². The van der Waals surface area contributed by atoms with E-state index in [1.165, 1.54) is 0 Å². The molecule has 9 heavy (non-hydrogen) atoms. The molecule has 0 saturated carbocycles. The molecule has 1 rings (SSSR count). The van der Waals surface area contributed by atoms with Crippen LogP contribution in [0.1, 0.15) is 19.8 Å². The van der Waals surface area contributed by atoms with E-state index in [0.717, 1.165) is 25.9 Å². The van der Waals surface area contributed by atoms with Gasteiger partial charge in [0, 0.05) is 0 Å². The van der Waals surface area contributed by atoms with E-state index in [1.807, 2.05) is 0 Å². The van der Waals surface area contributed by atoms with Gasteiger partial charge in [0.05, 0.1) is 6.10 Å². The van der Waals surface area contributed by atoms with E-state index in [-0.39, 0.29) is 6.10 Å².